The highest BCUT2D eigenvalue weighted by Gasteiger charge is 2.41. The molecule has 0 bridgehead atoms. The van der Waals surface area contributed by atoms with Crippen molar-refractivity contribution in [1.29, 1.82) is 0 Å². The fraction of sp³-hybridized carbons (Fsp3) is 0.0897. The van der Waals surface area contributed by atoms with Gasteiger partial charge in [-0.05, 0) is 144 Å². The van der Waals surface area contributed by atoms with Crippen LogP contribution in [-0.4, -0.2) is 55.8 Å². The molecule has 1 aliphatic rings. The lowest BCUT2D eigenvalue weighted by Gasteiger charge is -2.26. The summed E-state index contributed by atoms with van der Waals surface area (Å²) >= 11 is 0. The van der Waals surface area contributed by atoms with Crippen LogP contribution < -0.4 is 47.4 Å². The minimum atomic E-state index is -4.96. The lowest BCUT2D eigenvalue weighted by Crippen LogP contribution is -2.30. The van der Waals surface area contributed by atoms with Crippen molar-refractivity contribution in [3.8, 4) is 22.6 Å². The Balaban J connectivity index is 0.000000182. The van der Waals surface area contributed by atoms with E-state index in [1.807, 2.05) is 12.1 Å². The lowest BCUT2D eigenvalue weighted by molar-refractivity contribution is 0.102. The highest BCUT2D eigenvalue weighted by molar-refractivity contribution is 7.95. The Labute approximate surface area is 549 Å². The third-order valence-corrected chi connectivity index (χ3v) is 27.0. The number of ketones is 2. The van der Waals surface area contributed by atoms with Gasteiger partial charge >= 0.3 is 0 Å². The monoisotopic (exact) mass is 1320 g/mol. The molecule has 16 heteroatoms. The Kier molecular flexibility index (Phi) is 19.2. The van der Waals surface area contributed by atoms with Crippen molar-refractivity contribution < 1.29 is 40.3 Å². The van der Waals surface area contributed by atoms with E-state index in [-0.39, 0.29) is 55.6 Å². The molecule has 0 amide bonds. The van der Waals surface area contributed by atoms with Gasteiger partial charge in [-0.2, -0.15) is 0 Å². The van der Waals surface area contributed by atoms with Gasteiger partial charge in [-0.1, -0.05) is 178 Å². The summed E-state index contributed by atoms with van der Waals surface area (Å²) in [6.07, 6.45) is 0.883. The predicted molar refractivity (Wildman–Crippen MR) is 381 cm³/mol. The number of benzene rings is 11. The van der Waals surface area contributed by atoms with E-state index in [9.17, 15) is 40.3 Å². The van der Waals surface area contributed by atoms with Crippen molar-refractivity contribution in [2.75, 3.05) is 18.6 Å². The molecule has 0 atom stereocenters. The summed E-state index contributed by atoms with van der Waals surface area (Å²) < 4.78 is 76.8. The van der Waals surface area contributed by atoms with E-state index in [4.69, 9.17) is 4.74 Å². The molecule has 1 aliphatic carbocycles. The summed E-state index contributed by atoms with van der Waals surface area (Å²) in [5.74, 6) is -0.913. The standard InChI is InChI=1S/C40H32N2O10S2.2C19H18P/c1-4-40(2,3)23-12-16-25(17-13-23)52-31-21-30(41-24-14-18-26(19-15-24)53(46,47)48)33-34-32(28-10-5-6-11-29(28)38(33)44)35(39(45)42-36(31)34)37(43)22-8-7-9-27(20-22)54(49,50)51;2*1-20(17-11-5-2-6-12-17,18-13-7-3-8-14-18)19-15-9-4-10-16-19/h5-21,41H,4H2,1-3H3,(H,42,45)(H,46,47,48)(H,49,50,51);2*2-16H,1H3/q;2*+1/p-2. The van der Waals surface area contributed by atoms with Crippen LogP contribution in [-0.2, 0) is 25.7 Å². The Bertz CT molecular complexity index is 4710. The molecule has 0 aliphatic heterocycles. The van der Waals surface area contributed by atoms with Gasteiger partial charge in [0.25, 0.3) is 5.56 Å². The molecule has 0 saturated heterocycles. The van der Waals surface area contributed by atoms with Crippen molar-refractivity contribution in [2.24, 2.45) is 0 Å². The maximum Gasteiger partial charge on any atom is 0.260 e. The van der Waals surface area contributed by atoms with E-state index in [0.717, 1.165) is 36.2 Å². The molecule has 0 fully saturated rings. The number of aromatic nitrogens is 1. The summed E-state index contributed by atoms with van der Waals surface area (Å²) in [6.45, 7) is 11.1. The molecule has 12 aromatic rings. The zero-order valence-corrected chi connectivity index (χ0v) is 55.6. The van der Waals surface area contributed by atoms with E-state index in [1.165, 1.54) is 68.2 Å². The second-order valence-electron chi connectivity index (χ2n) is 23.4. The number of anilines is 2. The fourth-order valence-corrected chi connectivity index (χ4v) is 19.1. The first kappa shape index (κ1) is 65.7. The number of carbonyl (C=O) groups excluding carboxylic acids is 2. The van der Waals surface area contributed by atoms with E-state index in [2.05, 4.69) is 226 Å². The normalized spacial score (nSPS) is 12.1. The van der Waals surface area contributed by atoms with Crippen LogP contribution in [0.15, 0.2) is 300 Å². The average molecular weight is 1320 g/mol. The Morgan fingerprint density at radius 2 is 0.904 bits per heavy atom. The number of ether oxygens (including phenoxy) is 1. The average Bonchev–Trinajstić information content (AvgIpc) is 0.707. The SMILES string of the molecule is CCC(C)(C)c1ccc(Oc2cc(Nc3ccc(S(=O)(=O)[O-])cc3)c3c4c(c(C(=O)c5cccc(S(=O)(=O)[O-])c5)c(=O)[nH]c24)-c2ccccc2C3=O)cc1.C[P+](c1ccccc1)(c1ccccc1)c1ccccc1.C[P+](c1ccccc1)(c1ccccc1)c1ccccc1. The first-order chi connectivity index (χ1) is 45.1. The minimum absolute atomic E-state index is 0.0350. The van der Waals surface area contributed by atoms with Gasteiger partial charge < -0.3 is 24.1 Å². The third-order valence-electron chi connectivity index (χ3n) is 17.3. The molecule has 470 valence electrons. The van der Waals surface area contributed by atoms with Gasteiger partial charge in [0.2, 0.25) is 0 Å². The first-order valence-corrected chi connectivity index (χ1v) is 37.6. The van der Waals surface area contributed by atoms with Gasteiger partial charge in [0.05, 0.1) is 45.5 Å². The Morgan fingerprint density at radius 3 is 1.32 bits per heavy atom. The van der Waals surface area contributed by atoms with E-state index in [0.29, 0.717) is 11.4 Å². The van der Waals surface area contributed by atoms with Crippen LogP contribution in [0.1, 0.15) is 64.6 Å². The van der Waals surface area contributed by atoms with Crippen molar-refractivity contribution in [1.82, 2.24) is 4.98 Å². The summed E-state index contributed by atoms with van der Waals surface area (Å²) in [7, 11) is -12.8. The van der Waals surface area contributed by atoms with Gasteiger partial charge in [0.1, 0.15) is 72.3 Å². The Hall–Kier alpha value is -9.75. The van der Waals surface area contributed by atoms with Crippen molar-refractivity contribution >= 4 is 100 Å². The molecular formula is C78H66N2O10P2S2. The molecule has 12 nitrogen and oxygen atoms in total. The third kappa shape index (κ3) is 13.5. The zero-order chi connectivity index (χ0) is 66.4. The molecular weight excluding hydrogens is 1250 g/mol. The van der Waals surface area contributed by atoms with Crippen LogP contribution in [0.4, 0.5) is 11.4 Å². The van der Waals surface area contributed by atoms with Gasteiger partial charge in [-0.15, -0.1) is 0 Å². The van der Waals surface area contributed by atoms with Crippen molar-refractivity contribution in [3.05, 3.63) is 323 Å². The highest BCUT2D eigenvalue weighted by Crippen LogP contribution is 2.53. The lowest BCUT2D eigenvalue weighted by atomic mass is 9.80. The molecule has 2 N–H and O–H groups in total. The molecule has 0 saturated carbocycles. The quantitative estimate of drug-likeness (QED) is 0.0529. The van der Waals surface area contributed by atoms with Gasteiger partial charge in [0.15, 0.2) is 17.3 Å². The van der Waals surface area contributed by atoms with Gasteiger partial charge in [-0.25, -0.2) is 16.8 Å². The van der Waals surface area contributed by atoms with Crippen molar-refractivity contribution in [2.45, 2.75) is 42.4 Å². The fourth-order valence-electron chi connectivity index (χ4n) is 11.7. The number of carbonyl (C=O) groups is 2. The first-order valence-electron chi connectivity index (χ1n) is 30.3. The van der Waals surface area contributed by atoms with Crippen LogP contribution in [0.3, 0.4) is 0 Å². The van der Waals surface area contributed by atoms with Crippen LogP contribution >= 0.6 is 14.5 Å². The van der Waals surface area contributed by atoms with Crippen LogP contribution in [0, 0.1) is 0 Å². The number of pyridine rings is 1. The molecule has 1 aromatic heterocycles. The maximum absolute atomic E-state index is 14.4. The summed E-state index contributed by atoms with van der Waals surface area (Å²) in [5, 5.41) is 11.8. The van der Waals surface area contributed by atoms with Gasteiger partial charge in [-0.3, -0.25) is 14.4 Å². The number of hydrogen-bond acceptors (Lipinski definition) is 11. The minimum Gasteiger partial charge on any atom is -0.744 e. The molecule has 1 heterocycles. The van der Waals surface area contributed by atoms with Crippen molar-refractivity contribution in [3.63, 3.8) is 0 Å². The summed E-state index contributed by atoms with van der Waals surface area (Å²) in [4.78, 5) is 44.4. The number of H-pyrrole nitrogens is 1. The number of fused-ring (bicyclic) bond motifs is 2. The zero-order valence-electron chi connectivity index (χ0n) is 52.1. The number of hydrogen-bond donors (Lipinski definition) is 2. The maximum atomic E-state index is 14.4. The van der Waals surface area contributed by atoms with E-state index >= 15 is 0 Å². The molecule has 94 heavy (non-hydrogen) atoms. The topological polar surface area (TPSA) is 203 Å². The van der Waals surface area contributed by atoms with E-state index < -0.39 is 67.2 Å². The smallest absolute Gasteiger partial charge is 0.260 e. The van der Waals surface area contributed by atoms with Gasteiger partial charge in [0, 0.05) is 33.8 Å². The summed E-state index contributed by atoms with van der Waals surface area (Å²) in [6, 6.07) is 89.8. The second kappa shape index (κ2) is 27.4. The Morgan fingerprint density at radius 1 is 0.489 bits per heavy atom. The molecule has 0 spiro atoms. The molecule has 0 unspecified atom stereocenters. The highest BCUT2D eigenvalue weighted by atomic mass is 32.2. The molecule has 0 radical (unpaired) electrons. The number of rotatable bonds is 16. The number of aromatic amines is 1. The number of nitrogens with one attached hydrogen (secondary N) is 2. The molecule has 11 aromatic carbocycles. The van der Waals surface area contributed by atoms with Crippen LogP contribution in [0.25, 0.3) is 22.0 Å². The molecule has 13 rings (SSSR count). The van der Waals surface area contributed by atoms with E-state index in [1.54, 1.807) is 30.3 Å². The second-order valence-corrected chi connectivity index (χ2v) is 33.3. The predicted octanol–water partition coefficient (Wildman–Crippen LogP) is 14.2. The van der Waals surface area contributed by atoms with Crippen LogP contribution in [0.2, 0.25) is 0 Å². The van der Waals surface area contributed by atoms with Crippen LogP contribution in [0.5, 0.6) is 11.5 Å². The summed E-state index contributed by atoms with van der Waals surface area (Å²) in [5.41, 5.74) is 0.453. The largest absolute Gasteiger partial charge is 0.744 e.